The number of aliphatic hydroxyl groups is 1. The normalized spacial score (nSPS) is 31.4. The van der Waals surface area contributed by atoms with Crippen molar-refractivity contribution in [2.75, 3.05) is 19.8 Å². The van der Waals surface area contributed by atoms with Crippen molar-refractivity contribution in [3.8, 4) is 0 Å². The van der Waals surface area contributed by atoms with Crippen LogP contribution in [0, 0.1) is 17.8 Å². The van der Waals surface area contributed by atoms with E-state index in [0.29, 0.717) is 18.9 Å². The maximum Gasteiger partial charge on any atom is 0.330 e. The molecular formula is C34H58O7. The van der Waals surface area contributed by atoms with Crippen molar-refractivity contribution < 1.29 is 33.6 Å². The molecule has 3 rings (SSSR count). The molecule has 3 aliphatic rings. The van der Waals surface area contributed by atoms with Crippen molar-refractivity contribution in [2.24, 2.45) is 17.8 Å². The molecule has 3 fully saturated rings. The first-order chi connectivity index (χ1) is 19.9. The number of unbranched alkanes of at least 4 members (excludes halogenated alkanes) is 3. The molecule has 0 bridgehead atoms. The highest BCUT2D eigenvalue weighted by atomic mass is 16.7. The Morgan fingerprint density at radius 3 is 2.44 bits per heavy atom. The van der Waals surface area contributed by atoms with E-state index in [1.807, 2.05) is 13.0 Å². The van der Waals surface area contributed by atoms with Gasteiger partial charge in [-0.15, -0.1) is 0 Å². The standard InChI is InChI=1S/C34H58O7/c1-5-7-16-26(3)34(4,41-33-20-13-15-24-39-33)22-21-28-27(17-10-8-9-11-18-31(36)37-6-2)29(35)25-30(28)40-32-19-12-14-23-38-32/h11,18,21-22,26-30,32-33,35H,5-10,12-17,19-20,23-25H2,1-4H3/b18-11+,22-21+/t26?,27-,28-,29+,30-,32?,33?,34?/m1/s1. The highest BCUT2D eigenvalue weighted by Gasteiger charge is 2.43. The molecule has 0 amide bonds. The molecule has 1 aliphatic carbocycles. The first-order valence-electron chi connectivity index (χ1n) is 16.6. The van der Waals surface area contributed by atoms with Gasteiger partial charge in [0.05, 0.1) is 24.4 Å². The zero-order valence-electron chi connectivity index (χ0n) is 26.3. The van der Waals surface area contributed by atoms with Crippen LogP contribution in [0.1, 0.15) is 118 Å². The second kappa shape index (κ2) is 18.4. The number of aliphatic hydroxyl groups excluding tert-OH is 1. The minimum absolute atomic E-state index is 0.0826. The Labute approximate surface area is 249 Å². The van der Waals surface area contributed by atoms with Crippen molar-refractivity contribution in [3.63, 3.8) is 0 Å². The lowest BCUT2D eigenvalue weighted by Gasteiger charge is -2.38. The summed E-state index contributed by atoms with van der Waals surface area (Å²) < 4.78 is 30.2. The number of rotatable bonds is 17. The summed E-state index contributed by atoms with van der Waals surface area (Å²) in [5.41, 5.74) is -0.459. The van der Waals surface area contributed by atoms with Gasteiger partial charge >= 0.3 is 5.97 Å². The van der Waals surface area contributed by atoms with Gasteiger partial charge in [-0.1, -0.05) is 51.3 Å². The predicted molar refractivity (Wildman–Crippen MR) is 161 cm³/mol. The van der Waals surface area contributed by atoms with Gasteiger partial charge in [0, 0.05) is 31.6 Å². The molecule has 0 aromatic carbocycles. The van der Waals surface area contributed by atoms with Gasteiger partial charge in [0.15, 0.2) is 12.6 Å². The van der Waals surface area contributed by atoms with Gasteiger partial charge in [-0.3, -0.25) is 0 Å². The maximum absolute atomic E-state index is 11.6. The number of allylic oxidation sites excluding steroid dienone is 1. The molecule has 2 aliphatic heterocycles. The van der Waals surface area contributed by atoms with E-state index in [-0.39, 0.29) is 36.5 Å². The van der Waals surface area contributed by atoms with Gasteiger partial charge in [0.25, 0.3) is 0 Å². The van der Waals surface area contributed by atoms with Crippen LogP contribution in [0.3, 0.4) is 0 Å². The zero-order valence-corrected chi connectivity index (χ0v) is 26.3. The maximum atomic E-state index is 11.6. The van der Waals surface area contributed by atoms with Crippen LogP contribution in [-0.4, -0.2) is 61.3 Å². The van der Waals surface area contributed by atoms with Crippen LogP contribution in [0.25, 0.3) is 0 Å². The molecule has 7 heteroatoms. The summed E-state index contributed by atoms with van der Waals surface area (Å²) in [5, 5.41) is 11.2. The third-order valence-corrected chi connectivity index (χ3v) is 9.20. The Bertz CT molecular complexity index is 786. The molecule has 8 atom stereocenters. The number of carbonyl (C=O) groups excluding carboxylic acids is 1. The third kappa shape index (κ3) is 11.4. The van der Waals surface area contributed by atoms with E-state index in [2.05, 4.69) is 32.9 Å². The zero-order chi connectivity index (χ0) is 29.5. The monoisotopic (exact) mass is 578 g/mol. The van der Waals surface area contributed by atoms with E-state index in [1.54, 1.807) is 0 Å². The largest absolute Gasteiger partial charge is 0.463 e. The molecule has 0 aromatic heterocycles. The fraction of sp³-hybridized carbons (Fsp3) is 0.853. The van der Waals surface area contributed by atoms with Crippen molar-refractivity contribution in [1.29, 1.82) is 0 Å². The first-order valence-corrected chi connectivity index (χ1v) is 16.6. The van der Waals surface area contributed by atoms with Crippen LogP contribution in [0.5, 0.6) is 0 Å². The summed E-state index contributed by atoms with van der Waals surface area (Å²) in [5.74, 6) is 0.237. The van der Waals surface area contributed by atoms with Crippen molar-refractivity contribution >= 4 is 5.97 Å². The SMILES string of the molecule is CCCCC(C)C(C)(/C=C/[C@@H]1[C@@H](CCCC/C=C/C(=O)OCC)[C@@H](O)C[C@H]1OC1CCCCO1)OC1CCCCO1. The minimum atomic E-state index is -0.459. The molecule has 7 nitrogen and oxygen atoms in total. The van der Waals surface area contributed by atoms with Gasteiger partial charge in [-0.25, -0.2) is 4.79 Å². The second-order valence-corrected chi connectivity index (χ2v) is 12.5. The molecule has 2 saturated heterocycles. The van der Waals surface area contributed by atoms with Crippen molar-refractivity contribution in [3.05, 3.63) is 24.3 Å². The van der Waals surface area contributed by atoms with Gasteiger partial charge in [0.1, 0.15) is 0 Å². The van der Waals surface area contributed by atoms with Gasteiger partial charge in [-0.2, -0.15) is 0 Å². The number of ether oxygens (including phenoxy) is 5. The van der Waals surface area contributed by atoms with Crippen LogP contribution >= 0.6 is 0 Å². The van der Waals surface area contributed by atoms with Gasteiger partial charge in [-0.05, 0) is 89.9 Å². The van der Waals surface area contributed by atoms with Gasteiger partial charge < -0.3 is 28.8 Å². The molecule has 0 spiro atoms. The molecule has 41 heavy (non-hydrogen) atoms. The Kier molecular flexibility index (Phi) is 15.4. The molecule has 1 saturated carbocycles. The van der Waals surface area contributed by atoms with E-state index in [9.17, 15) is 9.90 Å². The van der Waals surface area contributed by atoms with Crippen LogP contribution in [0.15, 0.2) is 24.3 Å². The molecule has 4 unspecified atom stereocenters. The quantitative estimate of drug-likeness (QED) is 0.0842. The lowest BCUT2D eigenvalue weighted by Crippen LogP contribution is -2.40. The summed E-state index contributed by atoms with van der Waals surface area (Å²) >= 11 is 0. The molecule has 1 N–H and O–H groups in total. The van der Waals surface area contributed by atoms with Crippen molar-refractivity contribution in [1.82, 2.24) is 0 Å². The fourth-order valence-corrected chi connectivity index (χ4v) is 6.43. The van der Waals surface area contributed by atoms with Gasteiger partial charge in [0.2, 0.25) is 0 Å². The number of hydrogen-bond donors (Lipinski definition) is 1. The number of carbonyl (C=O) groups is 1. The Morgan fingerprint density at radius 1 is 1.05 bits per heavy atom. The third-order valence-electron chi connectivity index (χ3n) is 9.20. The average molecular weight is 579 g/mol. The van der Waals surface area contributed by atoms with E-state index >= 15 is 0 Å². The highest BCUT2D eigenvalue weighted by molar-refractivity contribution is 5.81. The average Bonchev–Trinajstić information content (AvgIpc) is 3.26. The lowest BCUT2D eigenvalue weighted by atomic mass is 9.82. The van der Waals surface area contributed by atoms with E-state index in [1.165, 1.54) is 12.5 Å². The summed E-state index contributed by atoms with van der Waals surface area (Å²) in [6, 6.07) is 0. The Balaban J connectivity index is 1.72. The minimum Gasteiger partial charge on any atom is -0.463 e. The van der Waals surface area contributed by atoms with Crippen LogP contribution in [0.4, 0.5) is 0 Å². The Morgan fingerprint density at radius 2 is 1.78 bits per heavy atom. The molecule has 236 valence electrons. The lowest BCUT2D eigenvalue weighted by molar-refractivity contribution is -0.219. The van der Waals surface area contributed by atoms with E-state index < -0.39 is 11.7 Å². The smallest absolute Gasteiger partial charge is 0.330 e. The number of esters is 1. The van der Waals surface area contributed by atoms with Crippen molar-refractivity contribution in [2.45, 2.75) is 148 Å². The summed E-state index contributed by atoms with van der Waals surface area (Å²) in [4.78, 5) is 11.6. The molecule has 2 heterocycles. The van der Waals surface area contributed by atoms with Crippen LogP contribution in [-0.2, 0) is 28.5 Å². The van der Waals surface area contributed by atoms with Crippen LogP contribution < -0.4 is 0 Å². The topological polar surface area (TPSA) is 83.5 Å². The Hall–Kier alpha value is -1.25. The first kappa shape index (κ1) is 34.2. The molecule has 0 aromatic rings. The summed E-state index contributed by atoms with van der Waals surface area (Å²) in [6.07, 6.45) is 21.1. The predicted octanol–water partition coefficient (Wildman–Crippen LogP) is 7.26. The molecule has 0 radical (unpaired) electrons. The van der Waals surface area contributed by atoms with E-state index in [0.717, 1.165) is 90.3 Å². The number of hydrogen-bond acceptors (Lipinski definition) is 7. The van der Waals surface area contributed by atoms with Crippen LogP contribution in [0.2, 0.25) is 0 Å². The summed E-state index contributed by atoms with van der Waals surface area (Å²) in [6.45, 7) is 10.4. The highest BCUT2D eigenvalue weighted by Crippen LogP contribution is 2.41. The second-order valence-electron chi connectivity index (χ2n) is 12.5. The van der Waals surface area contributed by atoms with E-state index in [4.69, 9.17) is 23.7 Å². The fourth-order valence-electron chi connectivity index (χ4n) is 6.43. The summed E-state index contributed by atoms with van der Waals surface area (Å²) in [7, 11) is 0. The molecular weight excluding hydrogens is 520 g/mol.